The van der Waals surface area contributed by atoms with Gasteiger partial charge in [-0.25, -0.2) is 4.79 Å². The van der Waals surface area contributed by atoms with Gasteiger partial charge in [0.05, 0.1) is 0 Å². The Kier molecular flexibility index (Phi) is 2.65. The summed E-state index contributed by atoms with van der Waals surface area (Å²) in [6.45, 7) is 0. The van der Waals surface area contributed by atoms with E-state index in [1.807, 2.05) is 12.2 Å². The van der Waals surface area contributed by atoms with Crippen LogP contribution in [-0.4, -0.2) is 22.3 Å². The van der Waals surface area contributed by atoms with Crippen molar-refractivity contribution in [3.05, 3.63) is 12.2 Å². The molecule has 0 radical (unpaired) electrons. The van der Waals surface area contributed by atoms with Crippen LogP contribution in [0.1, 0.15) is 19.3 Å². The van der Waals surface area contributed by atoms with Gasteiger partial charge in [-0.2, -0.15) is 0 Å². The molecular weight excluding hydrogens is 144 g/mol. The van der Waals surface area contributed by atoms with Crippen molar-refractivity contribution in [1.29, 1.82) is 0 Å². The van der Waals surface area contributed by atoms with Crippen molar-refractivity contribution in [1.82, 2.24) is 0 Å². The fourth-order valence-electron chi connectivity index (χ4n) is 1.28. The van der Waals surface area contributed by atoms with E-state index < -0.39 is 12.1 Å². The van der Waals surface area contributed by atoms with Gasteiger partial charge in [-0.3, -0.25) is 0 Å². The third kappa shape index (κ3) is 2.35. The molecule has 2 N–H and O–H groups in total. The van der Waals surface area contributed by atoms with Gasteiger partial charge in [0.25, 0.3) is 0 Å². The smallest absolute Gasteiger partial charge is 0.332 e. The van der Waals surface area contributed by atoms with Crippen molar-refractivity contribution in [2.24, 2.45) is 5.92 Å². The van der Waals surface area contributed by atoms with Gasteiger partial charge >= 0.3 is 5.97 Å². The SMILES string of the molecule is O=C(O)C(O)CC1CC=CC1. The first-order valence-corrected chi connectivity index (χ1v) is 3.76. The molecule has 0 heterocycles. The van der Waals surface area contributed by atoms with Crippen LogP contribution in [0.3, 0.4) is 0 Å². The van der Waals surface area contributed by atoms with E-state index in [2.05, 4.69) is 0 Å². The van der Waals surface area contributed by atoms with Gasteiger partial charge < -0.3 is 10.2 Å². The predicted octanol–water partition coefficient (Wildman–Crippen LogP) is 0.788. The van der Waals surface area contributed by atoms with Gasteiger partial charge in [-0.05, 0) is 25.2 Å². The molecule has 0 aromatic heterocycles. The molecule has 1 atom stereocenters. The van der Waals surface area contributed by atoms with E-state index in [0.29, 0.717) is 12.3 Å². The quantitative estimate of drug-likeness (QED) is 0.594. The lowest BCUT2D eigenvalue weighted by molar-refractivity contribution is -0.147. The number of rotatable bonds is 3. The van der Waals surface area contributed by atoms with E-state index in [1.165, 1.54) is 0 Å². The van der Waals surface area contributed by atoms with Crippen molar-refractivity contribution < 1.29 is 15.0 Å². The van der Waals surface area contributed by atoms with Crippen molar-refractivity contribution >= 4 is 5.97 Å². The summed E-state index contributed by atoms with van der Waals surface area (Å²) >= 11 is 0. The first kappa shape index (κ1) is 8.27. The molecule has 0 bridgehead atoms. The Labute approximate surface area is 65.3 Å². The van der Waals surface area contributed by atoms with E-state index in [0.717, 1.165) is 12.8 Å². The first-order valence-electron chi connectivity index (χ1n) is 3.76. The number of carboxylic acids is 1. The van der Waals surface area contributed by atoms with Gasteiger partial charge in [-0.1, -0.05) is 12.2 Å². The van der Waals surface area contributed by atoms with Gasteiger partial charge in [0.2, 0.25) is 0 Å². The lowest BCUT2D eigenvalue weighted by atomic mass is 9.99. The Morgan fingerprint density at radius 3 is 2.55 bits per heavy atom. The van der Waals surface area contributed by atoms with E-state index >= 15 is 0 Å². The molecule has 0 spiro atoms. The summed E-state index contributed by atoms with van der Waals surface area (Å²) < 4.78 is 0. The van der Waals surface area contributed by atoms with E-state index in [4.69, 9.17) is 10.2 Å². The Morgan fingerprint density at radius 2 is 2.09 bits per heavy atom. The topological polar surface area (TPSA) is 57.5 Å². The number of carboxylic acid groups (broad SMARTS) is 1. The molecule has 0 saturated heterocycles. The van der Waals surface area contributed by atoms with Crippen LogP contribution in [0.4, 0.5) is 0 Å². The maximum atomic E-state index is 10.2. The second-order valence-electron chi connectivity index (χ2n) is 2.90. The third-order valence-electron chi connectivity index (χ3n) is 1.95. The molecule has 0 aromatic rings. The lowest BCUT2D eigenvalue weighted by Gasteiger charge is -2.10. The summed E-state index contributed by atoms with van der Waals surface area (Å²) in [4.78, 5) is 10.2. The minimum absolute atomic E-state index is 0.334. The molecule has 1 unspecified atom stereocenters. The number of hydrogen-bond acceptors (Lipinski definition) is 2. The van der Waals surface area contributed by atoms with E-state index in [-0.39, 0.29) is 0 Å². The number of aliphatic hydroxyl groups is 1. The fourth-order valence-corrected chi connectivity index (χ4v) is 1.28. The molecule has 0 aliphatic heterocycles. The largest absolute Gasteiger partial charge is 0.479 e. The Balaban J connectivity index is 2.25. The van der Waals surface area contributed by atoms with E-state index in [9.17, 15) is 4.79 Å². The highest BCUT2D eigenvalue weighted by atomic mass is 16.4. The number of hydrogen-bond donors (Lipinski definition) is 2. The van der Waals surface area contributed by atoms with Crippen molar-refractivity contribution in [2.45, 2.75) is 25.4 Å². The maximum Gasteiger partial charge on any atom is 0.332 e. The normalized spacial score (nSPS) is 20.5. The number of carbonyl (C=O) groups is 1. The van der Waals surface area contributed by atoms with Crippen LogP contribution >= 0.6 is 0 Å². The van der Waals surface area contributed by atoms with Gasteiger partial charge in [0.1, 0.15) is 0 Å². The van der Waals surface area contributed by atoms with Crippen LogP contribution < -0.4 is 0 Å². The number of aliphatic hydroxyl groups excluding tert-OH is 1. The van der Waals surface area contributed by atoms with Crippen molar-refractivity contribution in [2.75, 3.05) is 0 Å². The molecule has 0 fully saturated rings. The van der Waals surface area contributed by atoms with Crippen LogP contribution in [-0.2, 0) is 4.79 Å². The van der Waals surface area contributed by atoms with Gasteiger partial charge in [-0.15, -0.1) is 0 Å². The second kappa shape index (κ2) is 3.53. The minimum atomic E-state index is -1.18. The first-order chi connectivity index (χ1) is 5.20. The zero-order valence-corrected chi connectivity index (χ0v) is 6.23. The molecule has 0 saturated carbocycles. The van der Waals surface area contributed by atoms with Crippen LogP contribution in [0.2, 0.25) is 0 Å². The Hall–Kier alpha value is -0.830. The van der Waals surface area contributed by atoms with Crippen molar-refractivity contribution in [3.8, 4) is 0 Å². The molecule has 11 heavy (non-hydrogen) atoms. The zero-order chi connectivity index (χ0) is 8.27. The highest BCUT2D eigenvalue weighted by Crippen LogP contribution is 2.22. The molecule has 1 aliphatic carbocycles. The average Bonchev–Trinajstić information content (AvgIpc) is 2.39. The summed E-state index contributed by atoms with van der Waals surface area (Å²) in [5.41, 5.74) is 0. The standard InChI is InChI=1S/C8H12O3/c9-7(8(10)11)5-6-3-1-2-4-6/h1-2,6-7,9H,3-5H2,(H,10,11). The summed E-state index contributed by atoms with van der Waals surface area (Å²) in [5, 5.41) is 17.3. The zero-order valence-electron chi connectivity index (χ0n) is 6.23. The summed E-state index contributed by atoms with van der Waals surface area (Å²) in [5.74, 6) is -0.780. The molecule has 0 amide bonds. The minimum Gasteiger partial charge on any atom is -0.479 e. The highest BCUT2D eigenvalue weighted by Gasteiger charge is 2.19. The van der Waals surface area contributed by atoms with E-state index in [1.54, 1.807) is 0 Å². The monoisotopic (exact) mass is 156 g/mol. The molecule has 3 heteroatoms. The van der Waals surface area contributed by atoms with Gasteiger partial charge in [0.15, 0.2) is 6.10 Å². The molecule has 3 nitrogen and oxygen atoms in total. The Bertz CT molecular complexity index is 166. The lowest BCUT2D eigenvalue weighted by Crippen LogP contribution is -2.22. The average molecular weight is 156 g/mol. The van der Waals surface area contributed by atoms with Crippen molar-refractivity contribution in [3.63, 3.8) is 0 Å². The summed E-state index contributed by atoms with van der Waals surface area (Å²) in [7, 11) is 0. The fraction of sp³-hybridized carbons (Fsp3) is 0.625. The van der Waals surface area contributed by atoms with Gasteiger partial charge in [0, 0.05) is 0 Å². The molecule has 1 aliphatic rings. The maximum absolute atomic E-state index is 10.2. The molecule has 0 aromatic carbocycles. The second-order valence-corrected chi connectivity index (χ2v) is 2.90. The highest BCUT2D eigenvalue weighted by molar-refractivity contribution is 5.71. The van der Waals surface area contributed by atoms with Crippen LogP contribution in [0.25, 0.3) is 0 Å². The van der Waals surface area contributed by atoms with Crippen LogP contribution in [0.15, 0.2) is 12.2 Å². The molecule has 62 valence electrons. The molecular formula is C8H12O3. The summed E-state index contributed by atoms with van der Waals surface area (Å²) in [6, 6.07) is 0. The predicted molar refractivity (Wildman–Crippen MR) is 40.1 cm³/mol. The summed E-state index contributed by atoms with van der Waals surface area (Å²) in [6.07, 6.45) is 5.06. The van der Waals surface area contributed by atoms with Crippen LogP contribution in [0, 0.1) is 5.92 Å². The van der Waals surface area contributed by atoms with Crippen LogP contribution in [0.5, 0.6) is 0 Å². The molecule has 1 rings (SSSR count). The number of aliphatic carboxylic acids is 1. The number of allylic oxidation sites excluding steroid dienone is 2. The Morgan fingerprint density at radius 1 is 1.55 bits per heavy atom. The third-order valence-corrected chi connectivity index (χ3v) is 1.95.